The fourth-order valence-electron chi connectivity index (χ4n) is 2.59. The summed E-state index contributed by atoms with van der Waals surface area (Å²) in [6.07, 6.45) is 0.236. The van der Waals surface area contributed by atoms with Crippen LogP contribution in [0.15, 0.2) is 41.8 Å². The first-order valence-corrected chi connectivity index (χ1v) is 8.54. The van der Waals surface area contributed by atoms with E-state index < -0.39 is 6.10 Å². The van der Waals surface area contributed by atoms with Crippen LogP contribution >= 0.6 is 11.3 Å². The van der Waals surface area contributed by atoms with Gasteiger partial charge in [-0.2, -0.15) is 0 Å². The second-order valence-corrected chi connectivity index (χ2v) is 6.59. The van der Waals surface area contributed by atoms with E-state index in [-0.39, 0.29) is 18.5 Å². The molecule has 0 fully saturated rings. The highest BCUT2D eigenvalue weighted by atomic mass is 32.1. The van der Waals surface area contributed by atoms with Gasteiger partial charge in [-0.05, 0) is 29.5 Å². The molecule has 0 radical (unpaired) electrons. The van der Waals surface area contributed by atoms with E-state index in [1.807, 2.05) is 35.7 Å². The molecule has 2 heterocycles. The third-order valence-electron chi connectivity index (χ3n) is 3.83. The number of carbonyl (C=O) groups excluding carboxylic acids is 1. The molecule has 0 saturated carbocycles. The van der Waals surface area contributed by atoms with E-state index in [9.17, 15) is 9.90 Å². The van der Waals surface area contributed by atoms with E-state index in [4.69, 9.17) is 4.74 Å². The van der Waals surface area contributed by atoms with Crippen molar-refractivity contribution in [1.29, 1.82) is 0 Å². The number of urea groups is 1. The summed E-state index contributed by atoms with van der Waals surface area (Å²) in [5.41, 5.74) is 1.18. The molecule has 1 aromatic heterocycles. The normalized spacial score (nSPS) is 17.7. The second-order valence-electron chi connectivity index (χ2n) is 5.61. The summed E-state index contributed by atoms with van der Waals surface area (Å²) in [4.78, 5) is 12.7. The van der Waals surface area contributed by atoms with E-state index in [2.05, 4.69) is 16.7 Å². The van der Waals surface area contributed by atoms with Gasteiger partial charge in [0.05, 0.1) is 13.2 Å². The van der Waals surface area contributed by atoms with Gasteiger partial charge in [-0.1, -0.05) is 24.3 Å². The molecule has 0 unspecified atom stereocenters. The zero-order chi connectivity index (χ0) is 16.1. The minimum Gasteiger partial charge on any atom is -0.493 e. The summed E-state index contributed by atoms with van der Waals surface area (Å²) < 4.78 is 5.71. The summed E-state index contributed by atoms with van der Waals surface area (Å²) in [5, 5.41) is 17.4. The molecule has 122 valence electrons. The monoisotopic (exact) mass is 332 g/mol. The molecule has 3 rings (SSSR count). The smallest absolute Gasteiger partial charge is 0.314 e. The molecule has 1 aromatic carbocycles. The molecule has 0 spiro atoms. The number of para-hydroxylation sites is 1. The van der Waals surface area contributed by atoms with Crippen LogP contribution in [-0.4, -0.2) is 30.8 Å². The van der Waals surface area contributed by atoms with Crippen molar-refractivity contribution in [2.75, 3.05) is 19.7 Å². The van der Waals surface area contributed by atoms with E-state index in [1.165, 1.54) is 16.9 Å². The van der Waals surface area contributed by atoms with Crippen LogP contribution in [0.25, 0.3) is 0 Å². The van der Waals surface area contributed by atoms with Crippen LogP contribution < -0.4 is 15.4 Å². The van der Waals surface area contributed by atoms with E-state index in [0.29, 0.717) is 13.2 Å². The molecule has 6 heteroatoms. The minimum absolute atomic E-state index is 0.205. The molecule has 5 nitrogen and oxygen atoms in total. The Morgan fingerprint density at radius 2 is 2.17 bits per heavy atom. The topological polar surface area (TPSA) is 70.6 Å². The summed E-state index contributed by atoms with van der Waals surface area (Å²) in [5.74, 6) is 1.20. The first-order valence-electron chi connectivity index (χ1n) is 7.66. The molecule has 0 aliphatic carbocycles. The maximum atomic E-state index is 11.8. The van der Waals surface area contributed by atoms with Crippen molar-refractivity contribution in [1.82, 2.24) is 10.6 Å². The van der Waals surface area contributed by atoms with Crippen molar-refractivity contribution in [2.24, 2.45) is 5.92 Å². The van der Waals surface area contributed by atoms with Gasteiger partial charge in [0.1, 0.15) is 11.9 Å². The van der Waals surface area contributed by atoms with Crippen molar-refractivity contribution in [3.05, 3.63) is 52.2 Å². The third-order valence-corrected chi connectivity index (χ3v) is 4.81. The lowest BCUT2D eigenvalue weighted by Gasteiger charge is -2.25. The molecule has 1 aliphatic rings. The minimum atomic E-state index is -0.661. The standard InChI is InChI=1S/C17H20N2O3S/c20-14(16-6-3-7-23-16)10-19-17(21)18-9-12-8-13-4-1-2-5-15(13)22-11-12/h1-7,12,14,20H,8-11H2,(H2,18,19,21)/t12-,14-/m1/s1. The predicted molar refractivity (Wildman–Crippen MR) is 89.8 cm³/mol. The average molecular weight is 332 g/mol. The SMILES string of the molecule is O=C(NC[C@@H]1COc2ccccc2C1)NC[C@@H](O)c1cccs1. The Morgan fingerprint density at radius 3 is 3.00 bits per heavy atom. The molecule has 2 aromatic rings. The van der Waals surface area contributed by atoms with Gasteiger partial charge >= 0.3 is 6.03 Å². The van der Waals surface area contributed by atoms with Crippen molar-refractivity contribution >= 4 is 17.4 Å². The number of carbonyl (C=O) groups is 1. The molecule has 2 amide bonds. The van der Waals surface area contributed by atoms with Gasteiger partial charge in [0.2, 0.25) is 0 Å². The van der Waals surface area contributed by atoms with E-state index in [0.717, 1.165) is 17.0 Å². The van der Waals surface area contributed by atoms with Crippen LogP contribution in [-0.2, 0) is 6.42 Å². The predicted octanol–water partition coefficient (Wildman–Crippen LogP) is 2.33. The Kier molecular flexibility index (Phi) is 5.15. The molecular formula is C17H20N2O3S. The first-order chi connectivity index (χ1) is 11.2. The highest BCUT2D eigenvalue weighted by molar-refractivity contribution is 7.10. The van der Waals surface area contributed by atoms with Crippen molar-refractivity contribution in [3.8, 4) is 5.75 Å². The van der Waals surface area contributed by atoms with Crippen LogP contribution in [0.1, 0.15) is 16.5 Å². The van der Waals surface area contributed by atoms with Crippen LogP contribution in [0.3, 0.4) is 0 Å². The number of thiophene rings is 1. The lowest BCUT2D eigenvalue weighted by atomic mass is 9.97. The van der Waals surface area contributed by atoms with Crippen LogP contribution in [0.4, 0.5) is 4.79 Å². The quantitative estimate of drug-likeness (QED) is 0.787. The summed E-state index contributed by atoms with van der Waals surface area (Å²) >= 11 is 1.47. The highest BCUT2D eigenvalue weighted by Crippen LogP contribution is 2.26. The zero-order valence-corrected chi connectivity index (χ0v) is 13.5. The van der Waals surface area contributed by atoms with Crippen LogP contribution in [0.5, 0.6) is 5.75 Å². The van der Waals surface area contributed by atoms with E-state index >= 15 is 0 Å². The van der Waals surface area contributed by atoms with Gasteiger partial charge in [0.25, 0.3) is 0 Å². The Morgan fingerprint density at radius 1 is 1.30 bits per heavy atom. The first kappa shape index (κ1) is 15.8. The van der Waals surface area contributed by atoms with Gasteiger partial charge in [-0.25, -0.2) is 4.79 Å². The van der Waals surface area contributed by atoms with Gasteiger partial charge in [0, 0.05) is 17.3 Å². The summed E-state index contributed by atoms with van der Waals surface area (Å²) in [7, 11) is 0. The Labute approximate surface area is 139 Å². The number of hydrogen-bond acceptors (Lipinski definition) is 4. The molecule has 1 aliphatic heterocycles. The Balaban J connectivity index is 1.40. The fraction of sp³-hybridized carbons (Fsp3) is 0.353. The third kappa shape index (κ3) is 4.24. The number of rotatable bonds is 5. The number of amides is 2. The molecular weight excluding hydrogens is 312 g/mol. The van der Waals surface area contributed by atoms with Gasteiger partial charge in [-0.3, -0.25) is 0 Å². The van der Waals surface area contributed by atoms with Crippen LogP contribution in [0.2, 0.25) is 0 Å². The number of nitrogens with one attached hydrogen (secondary N) is 2. The summed E-state index contributed by atoms with van der Waals surface area (Å²) in [6, 6.07) is 11.5. The van der Waals surface area contributed by atoms with E-state index in [1.54, 1.807) is 0 Å². The zero-order valence-electron chi connectivity index (χ0n) is 12.7. The molecule has 23 heavy (non-hydrogen) atoms. The van der Waals surface area contributed by atoms with Crippen molar-refractivity contribution < 1.29 is 14.6 Å². The number of aliphatic hydroxyl groups is 1. The van der Waals surface area contributed by atoms with Gasteiger partial charge < -0.3 is 20.5 Å². The number of fused-ring (bicyclic) bond motifs is 1. The lowest BCUT2D eigenvalue weighted by Crippen LogP contribution is -2.41. The van der Waals surface area contributed by atoms with Gasteiger partial charge in [-0.15, -0.1) is 11.3 Å². The van der Waals surface area contributed by atoms with Crippen molar-refractivity contribution in [2.45, 2.75) is 12.5 Å². The Bertz CT molecular complexity index is 645. The lowest BCUT2D eigenvalue weighted by molar-refractivity contribution is 0.175. The van der Waals surface area contributed by atoms with Crippen LogP contribution in [0, 0.1) is 5.92 Å². The number of benzene rings is 1. The maximum absolute atomic E-state index is 11.8. The largest absolute Gasteiger partial charge is 0.493 e. The Hall–Kier alpha value is -2.05. The average Bonchev–Trinajstić information content (AvgIpc) is 3.12. The second kappa shape index (κ2) is 7.48. The maximum Gasteiger partial charge on any atom is 0.314 e. The number of aliphatic hydroxyl groups excluding tert-OH is 1. The van der Waals surface area contributed by atoms with Gasteiger partial charge in [0.15, 0.2) is 0 Å². The number of hydrogen-bond donors (Lipinski definition) is 3. The van der Waals surface area contributed by atoms with Crippen molar-refractivity contribution in [3.63, 3.8) is 0 Å². The molecule has 3 N–H and O–H groups in total. The fourth-order valence-corrected chi connectivity index (χ4v) is 3.30. The molecule has 2 atom stereocenters. The molecule has 0 saturated heterocycles. The number of ether oxygens (including phenoxy) is 1. The summed E-state index contributed by atoms with van der Waals surface area (Å²) in [6.45, 7) is 1.36. The highest BCUT2D eigenvalue weighted by Gasteiger charge is 2.20. The molecule has 0 bridgehead atoms.